The summed E-state index contributed by atoms with van der Waals surface area (Å²) in [7, 11) is 1.71. The van der Waals surface area contributed by atoms with Crippen LogP contribution in [0.5, 0.6) is 0 Å². The number of halogens is 1. The Morgan fingerprint density at radius 2 is 2.42 bits per heavy atom. The maximum atomic E-state index is 4.92. The Balaban J connectivity index is 2.20. The summed E-state index contributed by atoms with van der Waals surface area (Å²) in [6, 6.07) is 0. The van der Waals surface area contributed by atoms with Crippen molar-refractivity contribution >= 4 is 27.3 Å². The average molecular weight is 250 g/mol. The van der Waals surface area contributed by atoms with Crippen LogP contribution in [0.4, 0.5) is 0 Å². The molecule has 12 heavy (non-hydrogen) atoms. The number of thiophene rings is 1. The Hall–Kier alpha value is 0.100. The smallest absolute Gasteiger partial charge is 0.0587 e. The van der Waals surface area contributed by atoms with Gasteiger partial charge < -0.3 is 10.1 Å². The summed E-state index contributed by atoms with van der Waals surface area (Å²) in [5.74, 6) is 0. The molecule has 0 saturated carbocycles. The van der Waals surface area contributed by atoms with Crippen LogP contribution < -0.4 is 5.32 Å². The van der Waals surface area contributed by atoms with Gasteiger partial charge >= 0.3 is 0 Å². The molecule has 1 N–H and O–H groups in total. The SMILES string of the molecule is COCCNCc1cscc1Br. The average Bonchev–Trinajstić information content (AvgIpc) is 2.46. The lowest BCUT2D eigenvalue weighted by Crippen LogP contribution is -2.18. The highest BCUT2D eigenvalue weighted by Gasteiger charge is 1.98. The van der Waals surface area contributed by atoms with E-state index in [1.54, 1.807) is 18.4 Å². The minimum absolute atomic E-state index is 0.766. The molecular weight excluding hydrogens is 238 g/mol. The van der Waals surface area contributed by atoms with E-state index in [1.165, 1.54) is 10.0 Å². The van der Waals surface area contributed by atoms with Gasteiger partial charge in [-0.3, -0.25) is 0 Å². The Morgan fingerprint density at radius 1 is 1.58 bits per heavy atom. The van der Waals surface area contributed by atoms with Crippen molar-refractivity contribution in [2.45, 2.75) is 6.54 Å². The van der Waals surface area contributed by atoms with Crippen LogP contribution in [0, 0.1) is 0 Å². The van der Waals surface area contributed by atoms with E-state index in [4.69, 9.17) is 4.74 Å². The van der Waals surface area contributed by atoms with Gasteiger partial charge in [0.15, 0.2) is 0 Å². The first-order valence-electron chi connectivity index (χ1n) is 3.75. The van der Waals surface area contributed by atoms with E-state index in [9.17, 15) is 0 Å². The Morgan fingerprint density at radius 3 is 3.00 bits per heavy atom. The van der Waals surface area contributed by atoms with Gasteiger partial charge in [-0.25, -0.2) is 0 Å². The van der Waals surface area contributed by atoms with Gasteiger partial charge in [-0.1, -0.05) is 0 Å². The topological polar surface area (TPSA) is 21.3 Å². The fourth-order valence-electron chi connectivity index (χ4n) is 0.831. The summed E-state index contributed by atoms with van der Waals surface area (Å²) < 4.78 is 6.11. The largest absolute Gasteiger partial charge is 0.383 e. The van der Waals surface area contributed by atoms with Gasteiger partial charge in [0, 0.05) is 30.1 Å². The number of ether oxygens (including phenoxy) is 1. The molecule has 0 amide bonds. The van der Waals surface area contributed by atoms with Crippen molar-refractivity contribution in [1.29, 1.82) is 0 Å². The lowest BCUT2D eigenvalue weighted by Gasteiger charge is -2.02. The monoisotopic (exact) mass is 249 g/mol. The summed E-state index contributed by atoms with van der Waals surface area (Å²) >= 11 is 5.19. The Bertz CT molecular complexity index is 227. The maximum absolute atomic E-state index is 4.92. The molecular formula is C8H12BrNOS. The number of nitrogens with one attached hydrogen (secondary N) is 1. The van der Waals surface area contributed by atoms with Crippen LogP contribution in [0.3, 0.4) is 0 Å². The lowest BCUT2D eigenvalue weighted by molar-refractivity contribution is 0.199. The van der Waals surface area contributed by atoms with E-state index in [0.717, 1.165) is 19.7 Å². The predicted molar refractivity (Wildman–Crippen MR) is 55.6 cm³/mol. The standard InChI is InChI=1S/C8H12BrNOS/c1-11-3-2-10-4-7-5-12-6-8(7)9/h5-6,10H,2-4H2,1H3. The van der Waals surface area contributed by atoms with Crippen LogP contribution in [-0.4, -0.2) is 20.3 Å². The summed E-state index contributed by atoms with van der Waals surface area (Å²) in [6.45, 7) is 2.58. The maximum Gasteiger partial charge on any atom is 0.0587 e. The number of hydrogen-bond donors (Lipinski definition) is 1. The molecule has 68 valence electrons. The molecule has 0 bridgehead atoms. The zero-order chi connectivity index (χ0) is 8.81. The van der Waals surface area contributed by atoms with E-state index in [-0.39, 0.29) is 0 Å². The molecule has 0 aliphatic carbocycles. The van der Waals surface area contributed by atoms with Crippen molar-refractivity contribution in [1.82, 2.24) is 5.32 Å². The van der Waals surface area contributed by atoms with Gasteiger partial charge in [-0.2, -0.15) is 11.3 Å². The van der Waals surface area contributed by atoms with Gasteiger partial charge in [0.2, 0.25) is 0 Å². The van der Waals surface area contributed by atoms with Crippen molar-refractivity contribution in [2.24, 2.45) is 0 Å². The minimum Gasteiger partial charge on any atom is -0.383 e. The van der Waals surface area contributed by atoms with Crippen molar-refractivity contribution in [3.8, 4) is 0 Å². The lowest BCUT2D eigenvalue weighted by atomic mass is 10.3. The fourth-order valence-corrected chi connectivity index (χ4v) is 2.27. The first-order valence-corrected chi connectivity index (χ1v) is 5.48. The zero-order valence-corrected chi connectivity index (χ0v) is 9.37. The molecule has 1 aromatic heterocycles. The minimum atomic E-state index is 0.766. The van der Waals surface area contributed by atoms with Crippen LogP contribution in [0.2, 0.25) is 0 Å². The second-order valence-electron chi connectivity index (χ2n) is 2.41. The summed E-state index contributed by atoms with van der Waals surface area (Å²) in [6.07, 6.45) is 0. The van der Waals surface area contributed by atoms with Crippen LogP contribution in [0.1, 0.15) is 5.56 Å². The molecule has 2 nitrogen and oxygen atoms in total. The quantitative estimate of drug-likeness (QED) is 0.809. The van der Waals surface area contributed by atoms with Crippen molar-refractivity contribution in [3.05, 3.63) is 20.8 Å². The molecule has 0 aliphatic heterocycles. The number of rotatable bonds is 5. The Kier molecular flexibility index (Phi) is 4.83. The van der Waals surface area contributed by atoms with Crippen molar-refractivity contribution in [3.63, 3.8) is 0 Å². The van der Waals surface area contributed by atoms with Gasteiger partial charge in [-0.15, -0.1) is 0 Å². The summed E-state index contributed by atoms with van der Waals surface area (Å²) in [5.41, 5.74) is 1.32. The molecule has 0 aromatic carbocycles. The first kappa shape index (κ1) is 10.2. The molecule has 1 heterocycles. The molecule has 0 radical (unpaired) electrons. The van der Waals surface area contributed by atoms with Gasteiger partial charge in [0.05, 0.1) is 6.61 Å². The molecule has 0 fully saturated rings. The third kappa shape index (κ3) is 3.23. The van der Waals surface area contributed by atoms with E-state index >= 15 is 0 Å². The molecule has 1 aromatic rings. The van der Waals surface area contributed by atoms with Gasteiger partial charge in [-0.05, 0) is 26.9 Å². The number of methoxy groups -OCH3 is 1. The number of hydrogen-bond acceptors (Lipinski definition) is 3. The molecule has 0 saturated heterocycles. The van der Waals surface area contributed by atoms with Crippen molar-refractivity contribution < 1.29 is 4.74 Å². The van der Waals surface area contributed by atoms with E-state index < -0.39 is 0 Å². The molecule has 1 rings (SSSR count). The molecule has 4 heteroatoms. The normalized spacial score (nSPS) is 10.5. The third-order valence-corrected chi connectivity index (χ3v) is 3.32. The van der Waals surface area contributed by atoms with Crippen LogP contribution in [0.15, 0.2) is 15.2 Å². The van der Waals surface area contributed by atoms with E-state index in [0.29, 0.717) is 0 Å². The predicted octanol–water partition coefficient (Wildman–Crippen LogP) is 2.25. The summed E-state index contributed by atoms with van der Waals surface area (Å²) in [5, 5.41) is 7.51. The van der Waals surface area contributed by atoms with E-state index in [1.807, 2.05) is 0 Å². The van der Waals surface area contributed by atoms with Crippen LogP contribution >= 0.6 is 27.3 Å². The van der Waals surface area contributed by atoms with Crippen LogP contribution in [0.25, 0.3) is 0 Å². The highest BCUT2D eigenvalue weighted by molar-refractivity contribution is 9.10. The third-order valence-electron chi connectivity index (χ3n) is 1.49. The second-order valence-corrected chi connectivity index (χ2v) is 4.01. The molecule has 0 atom stereocenters. The fraction of sp³-hybridized carbons (Fsp3) is 0.500. The molecule has 0 aliphatic rings. The summed E-state index contributed by atoms with van der Waals surface area (Å²) in [4.78, 5) is 0. The van der Waals surface area contributed by atoms with Gasteiger partial charge in [0.1, 0.15) is 0 Å². The molecule has 0 unspecified atom stereocenters. The second kappa shape index (κ2) is 5.70. The highest BCUT2D eigenvalue weighted by atomic mass is 79.9. The Labute approximate surface area is 85.1 Å². The first-order chi connectivity index (χ1) is 5.84. The van der Waals surface area contributed by atoms with Gasteiger partial charge in [0.25, 0.3) is 0 Å². The van der Waals surface area contributed by atoms with E-state index in [2.05, 4.69) is 32.0 Å². The zero-order valence-electron chi connectivity index (χ0n) is 6.97. The molecule has 0 spiro atoms. The van der Waals surface area contributed by atoms with Crippen molar-refractivity contribution in [2.75, 3.05) is 20.3 Å². The highest BCUT2D eigenvalue weighted by Crippen LogP contribution is 2.20. The van der Waals surface area contributed by atoms with Crippen LogP contribution in [-0.2, 0) is 11.3 Å².